The molecule has 1 atom stereocenters. The number of nitrogens with one attached hydrogen (secondary N) is 1. The summed E-state index contributed by atoms with van der Waals surface area (Å²) in [4.78, 5) is 16.2. The summed E-state index contributed by atoms with van der Waals surface area (Å²) in [7, 11) is 0. The Morgan fingerprint density at radius 2 is 2.16 bits per heavy atom. The summed E-state index contributed by atoms with van der Waals surface area (Å²) in [6, 6.07) is 5.39. The zero-order valence-corrected chi connectivity index (χ0v) is 12.1. The van der Waals surface area contributed by atoms with Gasteiger partial charge in [-0.1, -0.05) is 43.9 Å². The third-order valence-corrected chi connectivity index (χ3v) is 4.13. The molecule has 1 amide bonds. The first-order valence-electron chi connectivity index (χ1n) is 7.14. The van der Waals surface area contributed by atoms with Crippen LogP contribution in [0.25, 0.3) is 0 Å². The van der Waals surface area contributed by atoms with Crippen molar-refractivity contribution in [3.63, 3.8) is 0 Å². The van der Waals surface area contributed by atoms with E-state index in [2.05, 4.69) is 17.2 Å². The molecule has 1 aromatic rings. The van der Waals surface area contributed by atoms with E-state index in [0.29, 0.717) is 16.8 Å². The number of halogens is 1. The van der Waals surface area contributed by atoms with Gasteiger partial charge < -0.3 is 5.32 Å². The van der Waals surface area contributed by atoms with Crippen molar-refractivity contribution < 1.29 is 4.79 Å². The highest BCUT2D eigenvalue weighted by molar-refractivity contribution is 6.29. The molecule has 1 N–H and O–H groups in total. The molecule has 0 bridgehead atoms. The molecule has 0 spiro atoms. The molecule has 1 aliphatic rings. The van der Waals surface area contributed by atoms with Crippen molar-refractivity contribution in [2.45, 2.75) is 51.5 Å². The fraction of sp³-hybridized carbons (Fsp3) is 0.600. The van der Waals surface area contributed by atoms with E-state index < -0.39 is 0 Å². The van der Waals surface area contributed by atoms with Crippen LogP contribution in [0, 0.1) is 5.92 Å². The van der Waals surface area contributed by atoms with Crippen molar-refractivity contribution >= 4 is 17.5 Å². The van der Waals surface area contributed by atoms with E-state index in [0.717, 1.165) is 6.42 Å². The number of nitrogens with zero attached hydrogens (tertiary/aromatic N) is 1. The van der Waals surface area contributed by atoms with Crippen molar-refractivity contribution in [2.24, 2.45) is 5.92 Å². The van der Waals surface area contributed by atoms with Crippen LogP contribution >= 0.6 is 11.6 Å². The summed E-state index contributed by atoms with van der Waals surface area (Å²) < 4.78 is 0. The minimum Gasteiger partial charge on any atom is -0.348 e. The van der Waals surface area contributed by atoms with Crippen molar-refractivity contribution in [3.8, 4) is 0 Å². The van der Waals surface area contributed by atoms with Gasteiger partial charge in [0, 0.05) is 6.04 Å². The van der Waals surface area contributed by atoms with E-state index >= 15 is 0 Å². The van der Waals surface area contributed by atoms with Gasteiger partial charge in [0.1, 0.15) is 10.8 Å². The van der Waals surface area contributed by atoms with E-state index in [-0.39, 0.29) is 11.9 Å². The molecule has 1 unspecified atom stereocenters. The SMILES string of the molecule is CCC(NC(=O)c1cccc(Cl)n1)C1CCCCC1. The molecule has 4 heteroatoms. The van der Waals surface area contributed by atoms with Crippen molar-refractivity contribution in [3.05, 3.63) is 29.0 Å². The molecular formula is C15H21ClN2O. The van der Waals surface area contributed by atoms with Gasteiger partial charge in [-0.05, 0) is 37.3 Å². The second-order valence-corrected chi connectivity index (χ2v) is 5.62. The van der Waals surface area contributed by atoms with Gasteiger partial charge >= 0.3 is 0 Å². The molecule has 0 saturated heterocycles. The molecule has 19 heavy (non-hydrogen) atoms. The highest BCUT2D eigenvalue weighted by atomic mass is 35.5. The van der Waals surface area contributed by atoms with E-state index in [4.69, 9.17) is 11.6 Å². The highest BCUT2D eigenvalue weighted by Gasteiger charge is 2.24. The lowest BCUT2D eigenvalue weighted by atomic mass is 9.83. The van der Waals surface area contributed by atoms with Gasteiger partial charge in [0.2, 0.25) is 0 Å². The third-order valence-electron chi connectivity index (χ3n) is 3.92. The van der Waals surface area contributed by atoms with Crippen LogP contribution in [0.5, 0.6) is 0 Å². The van der Waals surface area contributed by atoms with Gasteiger partial charge in [-0.25, -0.2) is 4.98 Å². The Balaban J connectivity index is 1.99. The molecule has 1 aromatic heterocycles. The molecule has 0 aromatic carbocycles. The molecule has 1 fully saturated rings. The Morgan fingerprint density at radius 3 is 2.79 bits per heavy atom. The number of carbonyl (C=O) groups is 1. The molecular weight excluding hydrogens is 260 g/mol. The Kier molecular flexibility index (Phi) is 5.20. The summed E-state index contributed by atoms with van der Waals surface area (Å²) in [5.41, 5.74) is 0.404. The van der Waals surface area contributed by atoms with Crippen LogP contribution in [-0.4, -0.2) is 16.9 Å². The predicted molar refractivity (Wildman–Crippen MR) is 77.4 cm³/mol. The maximum atomic E-state index is 12.2. The second-order valence-electron chi connectivity index (χ2n) is 5.23. The number of aromatic nitrogens is 1. The number of pyridine rings is 1. The lowest BCUT2D eigenvalue weighted by Gasteiger charge is -2.30. The molecule has 3 nitrogen and oxygen atoms in total. The van der Waals surface area contributed by atoms with Gasteiger partial charge in [-0.3, -0.25) is 4.79 Å². The first-order chi connectivity index (χ1) is 9.20. The van der Waals surface area contributed by atoms with E-state index in [1.807, 2.05) is 0 Å². The fourth-order valence-electron chi connectivity index (χ4n) is 2.87. The first-order valence-corrected chi connectivity index (χ1v) is 7.52. The lowest BCUT2D eigenvalue weighted by Crippen LogP contribution is -2.41. The van der Waals surface area contributed by atoms with E-state index in [1.54, 1.807) is 18.2 Å². The molecule has 2 rings (SSSR count). The average molecular weight is 281 g/mol. The van der Waals surface area contributed by atoms with Gasteiger partial charge in [-0.2, -0.15) is 0 Å². The number of amides is 1. The Bertz CT molecular complexity index is 430. The molecule has 1 saturated carbocycles. The topological polar surface area (TPSA) is 42.0 Å². The number of carbonyl (C=O) groups excluding carboxylic acids is 1. The predicted octanol–water partition coefficient (Wildman–Crippen LogP) is 3.82. The maximum Gasteiger partial charge on any atom is 0.270 e. The monoisotopic (exact) mass is 280 g/mol. The first kappa shape index (κ1) is 14.3. The quantitative estimate of drug-likeness (QED) is 0.852. The van der Waals surface area contributed by atoms with Gasteiger partial charge in [0.15, 0.2) is 0 Å². The number of rotatable bonds is 4. The van der Waals surface area contributed by atoms with Crippen LogP contribution in [0.4, 0.5) is 0 Å². The lowest BCUT2D eigenvalue weighted by molar-refractivity contribution is 0.0906. The van der Waals surface area contributed by atoms with Crippen LogP contribution in [0.15, 0.2) is 18.2 Å². The van der Waals surface area contributed by atoms with Gasteiger partial charge in [0.05, 0.1) is 0 Å². The van der Waals surface area contributed by atoms with E-state index in [1.165, 1.54) is 32.1 Å². The van der Waals surface area contributed by atoms with Crippen LogP contribution in [0.3, 0.4) is 0 Å². The molecule has 0 aliphatic heterocycles. The van der Waals surface area contributed by atoms with Crippen molar-refractivity contribution in [1.82, 2.24) is 10.3 Å². The van der Waals surface area contributed by atoms with Crippen LogP contribution in [-0.2, 0) is 0 Å². The minimum atomic E-state index is -0.111. The summed E-state index contributed by atoms with van der Waals surface area (Å²) in [6.07, 6.45) is 7.32. The summed E-state index contributed by atoms with van der Waals surface area (Å²) in [5.74, 6) is 0.502. The fourth-order valence-corrected chi connectivity index (χ4v) is 3.03. The maximum absolute atomic E-state index is 12.2. The van der Waals surface area contributed by atoms with E-state index in [9.17, 15) is 4.79 Å². The van der Waals surface area contributed by atoms with Crippen LogP contribution in [0.2, 0.25) is 5.15 Å². The summed E-state index contributed by atoms with van der Waals surface area (Å²) >= 11 is 5.82. The van der Waals surface area contributed by atoms with Gasteiger partial charge in [-0.15, -0.1) is 0 Å². The second kappa shape index (κ2) is 6.90. The normalized spacial score (nSPS) is 18.0. The molecule has 0 radical (unpaired) electrons. The molecule has 104 valence electrons. The minimum absolute atomic E-state index is 0.111. The Labute approximate surface area is 119 Å². The number of hydrogen-bond acceptors (Lipinski definition) is 2. The third kappa shape index (κ3) is 3.93. The van der Waals surface area contributed by atoms with Crippen LogP contribution in [0.1, 0.15) is 55.9 Å². The number of hydrogen-bond donors (Lipinski definition) is 1. The smallest absolute Gasteiger partial charge is 0.270 e. The van der Waals surface area contributed by atoms with Crippen molar-refractivity contribution in [1.29, 1.82) is 0 Å². The standard InChI is InChI=1S/C15H21ClN2O/c1-2-12(11-7-4-3-5-8-11)18-15(19)13-9-6-10-14(16)17-13/h6,9-12H,2-5,7-8H2,1H3,(H,18,19). The molecule has 1 aliphatic carbocycles. The van der Waals surface area contributed by atoms with Crippen molar-refractivity contribution in [2.75, 3.05) is 0 Å². The Hall–Kier alpha value is -1.09. The Morgan fingerprint density at radius 1 is 1.42 bits per heavy atom. The highest BCUT2D eigenvalue weighted by Crippen LogP contribution is 2.27. The van der Waals surface area contributed by atoms with Gasteiger partial charge in [0.25, 0.3) is 5.91 Å². The summed E-state index contributed by atoms with van der Waals surface area (Å²) in [6.45, 7) is 2.13. The molecule has 1 heterocycles. The average Bonchev–Trinajstić information content (AvgIpc) is 2.45. The zero-order chi connectivity index (χ0) is 13.7. The zero-order valence-electron chi connectivity index (χ0n) is 11.4. The van der Waals surface area contributed by atoms with Crippen LogP contribution < -0.4 is 5.32 Å². The summed E-state index contributed by atoms with van der Waals surface area (Å²) in [5, 5.41) is 3.48. The largest absolute Gasteiger partial charge is 0.348 e.